The van der Waals surface area contributed by atoms with Crippen molar-refractivity contribution in [3.8, 4) is 0 Å². The standard InChI is InChI=1S/C20H22N2O4/c1-2-15-8-10-17(11-9-15)22-19(24)14-26-20(25)13-21-18(23)12-16-6-4-3-5-7-16/h3-11H,2,12-14H2,1H3,(H,21,23)(H,22,24). The van der Waals surface area contributed by atoms with Gasteiger partial charge in [0.25, 0.3) is 5.91 Å². The Hall–Kier alpha value is -3.15. The van der Waals surface area contributed by atoms with E-state index < -0.39 is 18.5 Å². The van der Waals surface area contributed by atoms with E-state index in [9.17, 15) is 14.4 Å². The molecule has 0 fully saturated rings. The molecule has 0 atom stereocenters. The van der Waals surface area contributed by atoms with Gasteiger partial charge in [-0.3, -0.25) is 14.4 Å². The van der Waals surface area contributed by atoms with Gasteiger partial charge in [-0.1, -0.05) is 49.4 Å². The van der Waals surface area contributed by atoms with E-state index in [0.717, 1.165) is 12.0 Å². The van der Waals surface area contributed by atoms with Crippen LogP contribution >= 0.6 is 0 Å². The van der Waals surface area contributed by atoms with Crippen LogP contribution in [0.4, 0.5) is 5.69 Å². The van der Waals surface area contributed by atoms with E-state index in [1.807, 2.05) is 49.4 Å². The average molecular weight is 354 g/mol. The molecule has 0 aliphatic carbocycles. The summed E-state index contributed by atoms with van der Waals surface area (Å²) >= 11 is 0. The monoisotopic (exact) mass is 354 g/mol. The summed E-state index contributed by atoms with van der Waals surface area (Å²) in [5.41, 5.74) is 2.66. The Morgan fingerprint density at radius 1 is 0.885 bits per heavy atom. The Kier molecular flexibility index (Phi) is 7.36. The molecule has 0 aliphatic rings. The number of hydrogen-bond donors (Lipinski definition) is 2. The maximum atomic E-state index is 11.8. The van der Waals surface area contributed by atoms with Crippen molar-refractivity contribution >= 4 is 23.5 Å². The first-order valence-electron chi connectivity index (χ1n) is 8.42. The Balaban J connectivity index is 1.65. The van der Waals surface area contributed by atoms with E-state index in [1.54, 1.807) is 12.1 Å². The fraction of sp³-hybridized carbons (Fsp3) is 0.250. The maximum absolute atomic E-state index is 11.8. The summed E-state index contributed by atoms with van der Waals surface area (Å²) in [6.45, 7) is 1.37. The van der Waals surface area contributed by atoms with Crippen LogP contribution in [0.25, 0.3) is 0 Å². The van der Waals surface area contributed by atoms with E-state index in [1.165, 1.54) is 5.56 Å². The summed E-state index contributed by atoms with van der Waals surface area (Å²) in [6, 6.07) is 16.6. The quantitative estimate of drug-likeness (QED) is 0.711. The van der Waals surface area contributed by atoms with Crippen LogP contribution in [0.5, 0.6) is 0 Å². The number of aryl methyl sites for hydroxylation is 1. The van der Waals surface area contributed by atoms with Crippen LogP contribution < -0.4 is 10.6 Å². The summed E-state index contributed by atoms with van der Waals surface area (Å²) in [7, 11) is 0. The number of nitrogens with one attached hydrogen (secondary N) is 2. The molecule has 0 spiro atoms. The zero-order valence-electron chi connectivity index (χ0n) is 14.7. The first-order chi connectivity index (χ1) is 12.6. The van der Waals surface area contributed by atoms with Gasteiger partial charge in [-0.2, -0.15) is 0 Å². The van der Waals surface area contributed by atoms with Crippen LogP contribution in [0, 0.1) is 0 Å². The second-order valence-electron chi connectivity index (χ2n) is 5.70. The largest absolute Gasteiger partial charge is 0.454 e. The fourth-order valence-corrected chi connectivity index (χ4v) is 2.23. The number of rotatable bonds is 8. The molecule has 6 heteroatoms. The van der Waals surface area contributed by atoms with E-state index in [0.29, 0.717) is 5.69 Å². The average Bonchev–Trinajstić information content (AvgIpc) is 2.66. The van der Waals surface area contributed by atoms with Gasteiger partial charge in [-0.25, -0.2) is 0 Å². The van der Waals surface area contributed by atoms with Crippen molar-refractivity contribution in [3.63, 3.8) is 0 Å². The third-order valence-corrected chi connectivity index (χ3v) is 3.65. The minimum atomic E-state index is -0.664. The zero-order chi connectivity index (χ0) is 18.8. The number of carbonyl (C=O) groups excluding carboxylic acids is 3. The van der Waals surface area contributed by atoms with Gasteiger partial charge >= 0.3 is 5.97 Å². The molecule has 26 heavy (non-hydrogen) atoms. The summed E-state index contributed by atoms with van der Waals surface area (Å²) in [4.78, 5) is 35.1. The molecule has 0 aromatic heterocycles. The number of carbonyl (C=O) groups is 3. The Labute approximate surface area is 152 Å². The summed E-state index contributed by atoms with van der Waals surface area (Å²) in [6.07, 6.45) is 1.10. The van der Waals surface area contributed by atoms with Crippen LogP contribution in [-0.4, -0.2) is 30.9 Å². The van der Waals surface area contributed by atoms with Gasteiger partial charge in [0.1, 0.15) is 6.54 Å². The molecule has 0 bridgehead atoms. The molecular weight excluding hydrogens is 332 g/mol. The number of anilines is 1. The highest BCUT2D eigenvalue weighted by Gasteiger charge is 2.10. The van der Waals surface area contributed by atoms with Crippen LogP contribution in [0.15, 0.2) is 54.6 Å². The Morgan fingerprint density at radius 2 is 1.58 bits per heavy atom. The molecule has 0 radical (unpaired) electrons. The van der Waals surface area contributed by atoms with E-state index >= 15 is 0 Å². The number of hydrogen-bond acceptors (Lipinski definition) is 4. The SMILES string of the molecule is CCc1ccc(NC(=O)COC(=O)CNC(=O)Cc2ccccc2)cc1. The van der Waals surface area contributed by atoms with Crippen LogP contribution in [0.1, 0.15) is 18.1 Å². The second kappa shape index (κ2) is 9.98. The first-order valence-corrected chi connectivity index (χ1v) is 8.42. The first kappa shape index (κ1) is 19.2. The van der Waals surface area contributed by atoms with Crippen molar-refractivity contribution in [1.82, 2.24) is 5.32 Å². The molecule has 0 heterocycles. The van der Waals surface area contributed by atoms with Gasteiger partial charge < -0.3 is 15.4 Å². The third-order valence-electron chi connectivity index (χ3n) is 3.65. The topological polar surface area (TPSA) is 84.5 Å². The lowest BCUT2D eigenvalue weighted by molar-refractivity contribution is -0.147. The van der Waals surface area contributed by atoms with E-state index in [-0.39, 0.29) is 18.9 Å². The molecule has 6 nitrogen and oxygen atoms in total. The molecule has 2 N–H and O–H groups in total. The van der Waals surface area contributed by atoms with Gasteiger partial charge in [0.15, 0.2) is 6.61 Å². The normalized spacial score (nSPS) is 10.0. The molecule has 2 aromatic rings. The lowest BCUT2D eigenvalue weighted by atomic mass is 10.1. The van der Waals surface area contributed by atoms with Gasteiger partial charge in [-0.15, -0.1) is 0 Å². The van der Waals surface area contributed by atoms with Crippen molar-refractivity contribution < 1.29 is 19.1 Å². The lowest BCUT2D eigenvalue weighted by Crippen LogP contribution is -2.33. The molecule has 2 rings (SSSR count). The van der Waals surface area contributed by atoms with Gasteiger partial charge in [0.2, 0.25) is 5.91 Å². The van der Waals surface area contributed by atoms with Crippen molar-refractivity contribution in [3.05, 3.63) is 65.7 Å². The molecule has 2 aromatic carbocycles. The minimum absolute atomic E-state index is 0.183. The highest BCUT2D eigenvalue weighted by molar-refractivity contribution is 5.93. The van der Waals surface area contributed by atoms with Gasteiger partial charge in [-0.05, 0) is 29.7 Å². The van der Waals surface area contributed by atoms with Crippen LogP contribution in [0.3, 0.4) is 0 Å². The highest BCUT2D eigenvalue weighted by Crippen LogP contribution is 2.09. The number of amides is 2. The smallest absolute Gasteiger partial charge is 0.325 e. The summed E-state index contributed by atoms with van der Waals surface area (Å²) in [5, 5.41) is 5.11. The molecule has 0 saturated carbocycles. The molecular formula is C20H22N2O4. The fourth-order valence-electron chi connectivity index (χ4n) is 2.23. The maximum Gasteiger partial charge on any atom is 0.325 e. The molecule has 0 saturated heterocycles. The van der Waals surface area contributed by atoms with E-state index in [2.05, 4.69) is 10.6 Å². The minimum Gasteiger partial charge on any atom is -0.454 e. The van der Waals surface area contributed by atoms with E-state index in [4.69, 9.17) is 4.74 Å². The van der Waals surface area contributed by atoms with Crippen molar-refractivity contribution in [2.75, 3.05) is 18.5 Å². The summed E-state index contributed by atoms with van der Waals surface area (Å²) < 4.78 is 4.86. The van der Waals surface area contributed by atoms with Crippen molar-refractivity contribution in [2.24, 2.45) is 0 Å². The van der Waals surface area contributed by atoms with Crippen molar-refractivity contribution in [1.29, 1.82) is 0 Å². The van der Waals surface area contributed by atoms with Crippen molar-refractivity contribution in [2.45, 2.75) is 19.8 Å². The highest BCUT2D eigenvalue weighted by atomic mass is 16.5. The Morgan fingerprint density at radius 3 is 2.23 bits per heavy atom. The molecule has 2 amide bonds. The Bertz CT molecular complexity index is 742. The van der Waals surface area contributed by atoms with Gasteiger partial charge in [0, 0.05) is 5.69 Å². The number of benzene rings is 2. The molecule has 136 valence electrons. The van der Waals surface area contributed by atoms with Gasteiger partial charge in [0.05, 0.1) is 6.42 Å². The number of ether oxygens (including phenoxy) is 1. The summed E-state index contributed by atoms with van der Waals surface area (Å²) in [5.74, 6) is -1.38. The predicted molar refractivity (Wildman–Crippen MR) is 98.6 cm³/mol. The van der Waals surface area contributed by atoms with Crippen LogP contribution in [0.2, 0.25) is 0 Å². The zero-order valence-corrected chi connectivity index (χ0v) is 14.7. The molecule has 0 aliphatic heterocycles. The number of esters is 1. The third kappa shape index (κ3) is 6.76. The molecule has 0 unspecified atom stereocenters. The second-order valence-corrected chi connectivity index (χ2v) is 5.70. The lowest BCUT2D eigenvalue weighted by Gasteiger charge is -2.08. The van der Waals surface area contributed by atoms with Crippen LogP contribution in [-0.2, 0) is 32.0 Å². The predicted octanol–water partition coefficient (Wildman–Crippen LogP) is 2.09.